The number of nitrogens with one attached hydrogen (secondary N) is 1. The Balaban J connectivity index is 1.91. The molecule has 0 saturated heterocycles. The van der Waals surface area contributed by atoms with E-state index >= 15 is 0 Å². The van der Waals surface area contributed by atoms with E-state index < -0.39 is 11.9 Å². The molecule has 28 heavy (non-hydrogen) atoms. The monoisotopic (exact) mass is 386 g/mol. The number of furan rings is 1. The standard InChI is InChI=1S/C21H23FN2O4/c1-4-12-24(13-5-2)21(26)15(3)23-20(25)19-11-10-18(28-19)14-27-17-8-6-16(22)7-9-17/h4-11,15H,1-2,12-14H2,3H3,(H,23,25). The number of hydrogen-bond donors (Lipinski definition) is 1. The van der Waals surface area contributed by atoms with Crippen molar-refractivity contribution in [3.8, 4) is 5.75 Å². The molecule has 0 saturated carbocycles. The van der Waals surface area contributed by atoms with Crippen LogP contribution < -0.4 is 10.1 Å². The Hall–Kier alpha value is -3.35. The van der Waals surface area contributed by atoms with Gasteiger partial charge < -0.3 is 19.4 Å². The van der Waals surface area contributed by atoms with Crippen LogP contribution in [0.25, 0.3) is 0 Å². The first-order chi connectivity index (χ1) is 13.4. The first kappa shape index (κ1) is 21.0. The third-order valence-corrected chi connectivity index (χ3v) is 3.81. The highest BCUT2D eigenvalue weighted by Gasteiger charge is 2.22. The molecule has 148 valence electrons. The lowest BCUT2D eigenvalue weighted by molar-refractivity contribution is -0.131. The molecule has 1 aromatic carbocycles. The largest absolute Gasteiger partial charge is 0.486 e. The van der Waals surface area contributed by atoms with E-state index in [1.807, 2.05) is 0 Å². The van der Waals surface area contributed by atoms with Crippen molar-refractivity contribution in [1.29, 1.82) is 0 Å². The molecule has 2 amide bonds. The Morgan fingerprint density at radius 1 is 1.18 bits per heavy atom. The average molecular weight is 386 g/mol. The summed E-state index contributed by atoms with van der Waals surface area (Å²) in [5.41, 5.74) is 0. The van der Waals surface area contributed by atoms with Gasteiger partial charge in [0.15, 0.2) is 5.76 Å². The lowest BCUT2D eigenvalue weighted by Gasteiger charge is -2.23. The van der Waals surface area contributed by atoms with E-state index in [1.54, 1.807) is 25.1 Å². The second-order valence-electron chi connectivity index (χ2n) is 6.02. The lowest BCUT2D eigenvalue weighted by Crippen LogP contribution is -2.47. The molecule has 7 heteroatoms. The van der Waals surface area contributed by atoms with Gasteiger partial charge in [0.05, 0.1) is 0 Å². The van der Waals surface area contributed by atoms with Gasteiger partial charge >= 0.3 is 0 Å². The summed E-state index contributed by atoms with van der Waals surface area (Å²) in [5.74, 6) is -0.143. The Morgan fingerprint density at radius 3 is 2.43 bits per heavy atom. The molecule has 0 spiro atoms. The Bertz CT molecular complexity index is 819. The summed E-state index contributed by atoms with van der Waals surface area (Å²) in [5, 5.41) is 2.61. The second-order valence-corrected chi connectivity index (χ2v) is 6.02. The van der Waals surface area contributed by atoms with Crippen molar-refractivity contribution in [2.24, 2.45) is 0 Å². The molecule has 0 aliphatic rings. The zero-order valence-electron chi connectivity index (χ0n) is 15.7. The molecule has 0 radical (unpaired) electrons. The smallest absolute Gasteiger partial charge is 0.287 e. The first-order valence-electron chi connectivity index (χ1n) is 8.73. The summed E-state index contributed by atoms with van der Waals surface area (Å²) < 4.78 is 23.8. The highest BCUT2D eigenvalue weighted by molar-refractivity contribution is 5.95. The van der Waals surface area contributed by atoms with Gasteiger partial charge in [-0.05, 0) is 43.3 Å². The van der Waals surface area contributed by atoms with E-state index in [2.05, 4.69) is 18.5 Å². The van der Waals surface area contributed by atoms with Crippen LogP contribution in [0.4, 0.5) is 4.39 Å². The van der Waals surface area contributed by atoms with Crippen LogP contribution >= 0.6 is 0 Å². The van der Waals surface area contributed by atoms with E-state index in [9.17, 15) is 14.0 Å². The van der Waals surface area contributed by atoms with Crippen LogP contribution in [0, 0.1) is 5.82 Å². The molecule has 2 aromatic rings. The normalized spacial score (nSPS) is 11.4. The molecule has 2 rings (SSSR count). The van der Waals surface area contributed by atoms with Crippen molar-refractivity contribution in [2.75, 3.05) is 13.1 Å². The van der Waals surface area contributed by atoms with Crippen molar-refractivity contribution in [1.82, 2.24) is 10.2 Å². The van der Waals surface area contributed by atoms with Crippen molar-refractivity contribution < 1.29 is 23.1 Å². The van der Waals surface area contributed by atoms with Gasteiger partial charge in [-0.3, -0.25) is 9.59 Å². The molecular weight excluding hydrogens is 363 g/mol. The topological polar surface area (TPSA) is 71.8 Å². The maximum absolute atomic E-state index is 12.9. The number of hydrogen-bond acceptors (Lipinski definition) is 4. The third-order valence-electron chi connectivity index (χ3n) is 3.81. The third kappa shape index (κ3) is 5.84. The maximum Gasteiger partial charge on any atom is 0.287 e. The van der Waals surface area contributed by atoms with Gasteiger partial charge in [0.1, 0.15) is 30.0 Å². The predicted octanol–water partition coefficient (Wildman–Crippen LogP) is 3.32. The van der Waals surface area contributed by atoms with Crippen LogP contribution in [0.1, 0.15) is 23.2 Å². The predicted molar refractivity (Wildman–Crippen MR) is 103 cm³/mol. The summed E-state index contributed by atoms with van der Waals surface area (Å²) in [4.78, 5) is 26.3. The minimum Gasteiger partial charge on any atom is -0.486 e. The van der Waals surface area contributed by atoms with Crippen LogP contribution in [0.2, 0.25) is 0 Å². The van der Waals surface area contributed by atoms with E-state index in [4.69, 9.17) is 9.15 Å². The number of amides is 2. The molecular formula is C21H23FN2O4. The van der Waals surface area contributed by atoms with Crippen LogP contribution in [-0.2, 0) is 11.4 Å². The molecule has 6 nitrogen and oxygen atoms in total. The van der Waals surface area contributed by atoms with E-state index in [0.29, 0.717) is 24.6 Å². The van der Waals surface area contributed by atoms with Crippen molar-refractivity contribution >= 4 is 11.8 Å². The molecule has 0 fully saturated rings. The number of rotatable bonds is 10. The fourth-order valence-electron chi connectivity index (χ4n) is 2.43. The number of carbonyl (C=O) groups is 2. The summed E-state index contributed by atoms with van der Waals surface area (Å²) in [6.45, 7) is 9.63. The molecule has 1 atom stereocenters. The maximum atomic E-state index is 12.9. The molecule has 1 aromatic heterocycles. The van der Waals surface area contributed by atoms with Crippen LogP contribution in [0.15, 0.2) is 66.1 Å². The Morgan fingerprint density at radius 2 is 1.82 bits per heavy atom. The van der Waals surface area contributed by atoms with E-state index in [1.165, 1.54) is 35.2 Å². The SMILES string of the molecule is C=CCN(CC=C)C(=O)C(C)NC(=O)c1ccc(COc2ccc(F)cc2)o1. The van der Waals surface area contributed by atoms with E-state index in [0.717, 1.165) is 0 Å². The molecule has 1 unspecified atom stereocenters. The number of carbonyl (C=O) groups excluding carboxylic acids is 2. The molecule has 0 bridgehead atoms. The number of benzene rings is 1. The zero-order valence-corrected chi connectivity index (χ0v) is 15.7. The van der Waals surface area contributed by atoms with Gasteiger partial charge in [-0.25, -0.2) is 4.39 Å². The Kier molecular flexibility index (Phi) is 7.56. The van der Waals surface area contributed by atoms with Gasteiger partial charge in [-0.1, -0.05) is 12.2 Å². The first-order valence-corrected chi connectivity index (χ1v) is 8.73. The van der Waals surface area contributed by atoms with Crippen molar-refractivity contribution in [3.05, 3.63) is 79.0 Å². The molecule has 1 heterocycles. The average Bonchev–Trinajstić information content (AvgIpc) is 3.16. The van der Waals surface area contributed by atoms with Gasteiger partial charge in [-0.15, -0.1) is 13.2 Å². The molecule has 1 N–H and O–H groups in total. The van der Waals surface area contributed by atoms with Gasteiger partial charge in [0.25, 0.3) is 5.91 Å². The second kappa shape index (κ2) is 10.1. The highest BCUT2D eigenvalue weighted by atomic mass is 19.1. The zero-order chi connectivity index (χ0) is 20.5. The minimum atomic E-state index is -0.739. The van der Waals surface area contributed by atoms with Gasteiger partial charge in [0.2, 0.25) is 5.91 Å². The summed E-state index contributed by atoms with van der Waals surface area (Å²) in [6.07, 6.45) is 3.21. The fourth-order valence-corrected chi connectivity index (χ4v) is 2.43. The summed E-state index contributed by atoms with van der Waals surface area (Å²) in [7, 11) is 0. The van der Waals surface area contributed by atoms with E-state index in [-0.39, 0.29) is 24.1 Å². The minimum absolute atomic E-state index is 0.0661. The van der Waals surface area contributed by atoms with Crippen LogP contribution in [0.3, 0.4) is 0 Å². The lowest BCUT2D eigenvalue weighted by atomic mass is 10.2. The molecule has 0 aliphatic carbocycles. The summed E-state index contributed by atoms with van der Waals surface area (Å²) in [6, 6.07) is 7.94. The quantitative estimate of drug-likeness (QED) is 0.636. The number of halogens is 1. The number of nitrogens with zero attached hydrogens (tertiary/aromatic N) is 1. The molecule has 0 aliphatic heterocycles. The van der Waals surface area contributed by atoms with Crippen molar-refractivity contribution in [2.45, 2.75) is 19.6 Å². The Labute approximate surface area is 163 Å². The van der Waals surface area contributed by atoms with Crippen LogP contribution in [-0.4, -0.2) is 35.8 Å². The highest BCUT2D eigenvalue weighted by Crippen LogP contribution is 2.15. The van der Waals surface area contributed by atoms with Gasteiger partial charge in [0, 0.05) is 13.1 Å². The number of ether oxygens (including phenoxy) is 1. The van der Waals surface area contributed by atoms with Crippen LogP contribution in [0.5, 0.6) is 5.75 Å². The van der Waals surface area contributed by atoms with Gasteiger partial charge in [-0.2, -0.15) is 0 Å². The fraction of sp³-hybridized carbons (Fsp3) is 0.238. The summed E-state index contributed by atoms with van der Waals surface area (Å²) >= 11 is 0. The van der Waals surface area contributed by atoms with Crippen molar-refractivity contribution in [3.63, 3.8) is 0 Å².